The number of aliphatic hydroxyl groups is 2. The molecule has 1 saturated heterocycles. The van der Waals surface area contributed by atoms with E-state index in [0.29, 0.717) is 19.4 Å². The monoisotopic (exact) mass is 301 g/mol. The van der Waals surface area contributed by atoms with Gasteiger partial charge in [0.25, 0.3) is 0 Å². The van der Waals surface area contributed by atoms with Crippen molar-refractivity contribution in [2.75, 3.05) is 27.2 Å². The molecule has 1 fully saturated rings. The molecule has 0 bridgehead atoms. The Morgan fingerprint density at radius 2 is 1.76 bits per heavy atom. The van der Waals surface area contributed by atoms with Gasteiger partial charge in [0, 0.05) is 25.4 Å². The fourth-order valence-corrected chi connectivity index (χ4v) is 3.72. The third-order valence-corrected chi connectivity index (χ3v) is 4.99. The summed E-state index contributed by atoms with van der Waals surface area (Å²) in [6.45, 7) is 9.76. The molecule has 1 aliphatic heterocycles. The molecule has 3 atom stereocenters. The lowest BCUT2D eigenvalue weighted by molar-refractivity contribution is -0.322. The summed E-state index contributed by atoms with van der Waals surface area (Å²) in [6, 6.07) is 0.250. The summed E-state index contributed by atoms with van der Waals surface area (Å²) < 4.78 is 0. The molecule has 1 aliphatic rings. The zero-order chi connectivity index (χ0) is 16.3. The molecule has 0 aromatic heterocycles. The van der Waals surface area contributed by atoms with Crippen LogP contribution < -0.4 is 0 Å². The van der Waals surface area contributed by atoms with E-state index in [-0.39, 0.29) is 6.04 Å². The standard InChI is InChI=1S/C16H35N3O2/c1-7-10-12-16(21)18(8-2)14(4)11-13-15(20,17(5)6)19(16)9-3/h14,20-21H,7-13H2,1-6H3. The summed E-state index contributed by atoms with van der Waals surface area (Å²) in [7, 11) is 3.77. The van der Waals surface area contributed by atoms with Crippen molar-refractivity contribution in [3.63, 3.8) is 0 Å². The molecule has 0 aliphatic carbocycles. The van der Waals surface area contributed by atoms with E-state index in [1.165, 1.54) is 0 Å². The summed E-state index contributed by atoms with van der Waals surface area (Å²) in [4.78, 5) is 5.86. The van der Waals surface area contributed by atoms with Gasteiger partial charge in [0.1, 0.15) is 0 Å². The van der Waals surface area contributed by atoms with Crippen LogP contribution in [0.25, 0.3) is 0 Å². The van der Waals surface area contributed by atoms with Crippen molar-refractivity contribution in [2.45, 2.75) is 77.5 Å². The van der Waals surface area contributed by atoms with Crippen LogP contribution in [-0.4, -0.2) is 69.8 Å². The van der Waals surface area contributed by atoms with Gasteiger partial charge in [0.15, 0.2) is 11.7 Å². The second-order valence-electron chi connectivity index (χ2n) is 6.46. The van der Waals surface area contributed by atoms with Crippen LogP contribution >= 0.6 is 0 Å². The van der Waals surface area contributed by atoms with Gasteiger partial charge in [0.05, 0.1) is 0 Å². The maximum absolute atomic E-state index is 11.5. The van der Waals surface area contributed by atoms with Crippen LogP contribution in [-0.2, 0) is 0 Å². The first-order valence-corrected chi connectivity index (χ1v) is 8.44. The summed E-state index contributed by atoms with van der Waals surface area (Å²) in [5.74, 6) is -2.19. The van der Waals surface area contributed by atoms with Crippen molar-refractivity contribution in [2.24, 2.45) is 0 Å². The third-order valence-electron chi connectivity index (χ3n) is 4.99. The topological polar surface area (TPSA) is 50.2 Å². The first-order chi connectivity index (χ1) is 9.77. The minimum atomic E-state index is -1.10. The first-order valence-electron chi connectivity index (χ1n) is 8.44. The van der Waals surface area contributed by atoms with Crippen molar-refractivity contribution in [3.8, 4) is 0 Å². The van der Waals surface area contributed by atoms with Gasteiger partial charge >= 0.3 is 0 Å². The molecular formula is C16H35N3O2. The van der Waals surface area contributed by atoms with Crippen LogP contribution in [0.3, 0.4) is 0 Å². The lowest BCUT2D eigenvalue weighted by atomic mass is 10.1. The number of rotatable bonds is 6. The second-order valence-corrected chi connectivity index (χ2v) is 6.46. The molecule has 0 saturated carbocycles. The second kappa shape index (κ2) is 7.38. The van der Waals surface area contributed by atoms with E-state index < -0.39 is 11.7 Å². The highest BCUT2D eigenvalue weighted by molar-refractivity contribution is 4.93. The molecule has 5 heteroatoms. The van der Waals surface area contributed by atoms with Crippen molar-refractivity contribution in [1.29, 1.82) is 0 Å². The molecule has 1 rings (SSSR count). The van der Waals surface area contributed by atoms with Gasteiger partial charge < -0.3 is 10.2 Å². The normalized spacial score (nSPS) is 36.1. The van der Waals surface area contributed by atoms with Crippen molar-refractivity contribution in [1.82, 2.24) is 14.7 Å². The minimum absolute atomic E-state index is 0.250. The van der Waals surface area contributed by atoms with Crippen LogP contribution in [0.15, 0.2) is 0 Å². The molecule has 0 aromatic carbocycles. The smallest absolute Gasteiger partial charge is 0.180 e. The Morgan fingerprint density at radius 1 is 1.14 bits per heavy atom. The lowest BCUT2D eigenvalue weighted by Gasteiger charge is -2.53. The fourth-order valence-electron chi connectivity index (χ4n) is 3.72. The highest BCUT2D eigenvalue weighted by Crippen LogP contribution is 2.38. The quantitative estimate of drug-likeness (QED) is 0.733. The fraction of sp³-hybridized carbons (Fsp3) is 1.00. The maximum Gasteiger partial charge on any atom is 0.180 e. The zero-order valence-electron chi connectivity index (χ0n) is 14.8. The Hall–Kier alpha value is -0.200. The van der Waals surface area contributed by atoms with Gasteiger partial charge in [0.2, 0.25) is 0 Å². The number of nitrogens with zero attached hydrogens (tertiary/aromatic N) is 3. The average molecular weight is 301 g/mol. The Balaban J connectivity index is 3.30. The van der Waals surface area contributed by atoms with E-state index in [9.17, 15) is 10.2 Å². The Kier molecular flexibility index (Phi) is 6.62. The Bertz CT molecular complexity index is 327. The van der Waals surface area contributed by atoms with Crippen molar-refractivity contribution >= 4 is 0 Å². The minimum Gasteiger partial charge on any atom is -0.362 e. The number of hydrogen-bond donors (Lipinski definition) is 2. The van der Waals surface area contributed by atoms with Crippen molar-refractivity contribution in [3.05, 3.63) is 0 Å². The molecule has 0 spiro atoms. The Labute approximate surface area is 130 Å². The lowest BCUT2D eigenvalue weighted by Crippen LogP contribution is -2.70. The Morgan fingerprint density at radius 3 is 2.19 bits per heavy atom. The molecule has 0 aromatic rings. The van der Waals surface area contributed by atoms with Crippen LogP contribution in [0.1, 0.15) is 59.8 Å². The highest BCUT2D eigenvalue weighted by atomic mass is 16.4. The van der Waals surface area contributed by atoms with E-state index in [4.69, 9.17) is 0 Å². The van der Waals surface area contributed by atoms with Gasteiger partial charge in [-0.3, -0.25) is 9.80 Å². The van der Waals surface area contributed by atoms with Crippen LogP contribution in [0.4, 0.5) is 0 Å². The molecular weight excluding hydrogens is 266 g/mol. The molecule has 0 amide bonds. The summed E-state index contributed by atoms with van der Waals surface area (Å²) >= 11 is 0. The summed E-state index contributed by atoms with van der Waals surface area (Å²) in [5.41, 5.74) is 0. The molecule has 126 valence electrons. The van der Waals surface area contributed by atoms with Crippen LogP contribution in [0.2, 0.25) is 0 Å². The average Bonchev–Trinajstić information content (AvgIpc) is 2.51. The van der Waals surface area contributed by atoms with Crippen LogP contribution in [0.5, 0.6) is 0 Å². The van der Waals surface area contributed by atoms with E-state index in [0.717, 1.165) is 25.8 Å². The highest BCUT2D eigenvalue weighted by Gasteiger charge is 2.53. The van der Waals surface area contributed by atoms with E-state index in [1.807, 2.05) is 30.8 Å². The molecule has 2 N–H and O–H groups in total. The van der Waals surface area contributed by atoms with Crippen LogP contribution in [0, 0.1) is 0 Å². The summed E-state index contributed by atoms with van der Waals surface area (Å²) in [6.07, 6.45) is 4.14. The van der Waals surface area contributed by atoms with E-state index in [1.54, 1.807) is 0 Å². The predicted molar refractivity (Wildman–Crippen MR) is 86.6 cm³/mol. The molecule has 3 unspecified atom stereocenters. The van der Waals surface area contributed by atoms with Gasteiger partial charge in [-0.15, -0.1) is 0 Å². The molecule has 1 heterocycles. The van der Waals surface area contributed by atoms with E-state index >= 15 is 0 Å². The maximum atomic E-state index is 11.5. The third kappa shape index (κ3) is 3.42. The molecule has 5 nitrogen and oxygen atoms in total. The predicted octanol–water partition coefficient (Wildman–Crippen LogP) is 1.86. The van der Waals surface area contributed by atoms with Gasteiger partial charge in [-0.25, -0.2) is 4.90 Å². The largest absolute Gasteiger partial charge is 0.362 e. The van der Waals surface area contributed by atoms with Crippen molar-refractivity contribution < 1.29 is 10.2 Å². The molecule has 21 heavy (non-hydrogen) atoms. The first kappa shape index (κ1) is 18.8. The van der Waals surface area contributed by atoms with E-state index in [2.05, 4.69) is 25.7 Å². The SMILES string of the molecule is CCCCC1(O)N(CC)C(C)CCC(O)(N(C)C)N1CC. The zero-order valence-corrected chi connectivity index (χ0v) is 14.8. The summed E-state index contributed by atoms with van der Waals surface area (Å²) in [5, 5.41) is 22.7. The van der Waals surface area contributed by atoms with Gasteiger partial charge in [-0.2, -0.15) is 0 Å². The number of hydrogen-bond acceptors (Lipinski definition) is 5. The molecule has 0 radical (unpaired) electrons. The van der Waals surface area contributed by atoms with Gasteiger partial charge in [-0.05, 0) is 40.4 Å². The number of unbranched alkanes of at least 4 members (excludes halogenated alkanes) is 1. The van der Waals surface area contributed by atoms with Gasteiger partial charge in [-0.1, -0.05) is 27.2 Å².